The average Bonchev–Trinajstić information content (AvgIpc) is 1.99. The fourth-order valence-corrected chi connectivity index (χ4v) is 1.11. The van der Waals surface area contributed by atoms with Gasteiger partial charge < -0.3 is 0 Å². The third-order valence-corrected chi connectivity index (χ3v) is 1.78. The Morgan fingerprint density at radius 2 is 2.27 bits per heavy atom. The number of rotatable bonds is 1. The maximum atomic E-state index is 12.7. The lowest BCUT2D eigenvalue weighted by Crippen LogP contribution is -2.03. The molecular weight excluding hydrogens is 146 g/mol. The molecule has 0 amide bonds. The van der Waals surface area contributed by atoms with Crippen molar-refractivity contribution in [2.75, 3.05) is 0 Å². The molecule has 1 aliphatic carbocycles. The second-order valence-corrected chi connectivity index (χ2v) is 2.72. The van der Waals surface area contributed by atoms with E-state index in [0.29, 0.717) is 6.42 Å². The molecule has 0 heterocycles. The lowest BCUT2D eigenvalue weighted by Gasteiger charge is -2.14. The predicted octanol–water partition coefficient (Wildman–Crippen LogP) is 3.29. The van der Waals surface area contributed by atoms with Gasteiger partial charge in [-0.25, -0.2) is 8.78 Å². The topological polar surface area (TPSA) is 0 Å². The van der Waals surface area contributed by atoms with Crippen LogP contribution in [0.3, 0.4) is 0 Å². The maximum absolute atomic E-state index is 12.7. The van der Waals surface area contributed by atoms with E-state index in [1.165, 1.54) is 6.08 Å². The van der Waals surface area contributed by atoms with Gasteiger partial charge in [-0.15, -0.1) is 0 Å². The van der Waals surface area contributed by atoms with Gasteiger partial charge in [-0.1, -0.05) is 19.6 Å². The molecule has 0 fully saturated rings. The summed E-state index contributed by atoms with van der Waals surface area (Å²) in [5, 5.41) is 0. The highest BCUT2D eigenvalue weighted by atomic mass is 19.2. The summed E-state index contributed by atoms with van der Waals surface area (Å²) < 4.78 is 25.4. The van der Waals surface area contributed by atoms with Crippen LogP contribution in [0.2, 0.25) is 0 Å². The molecule has 0 aromatic rings. The third-order valence-electron chi connectivity index (χ3n) is 1.78. The number of hydrogen-bond acceptors (Lipinski definition) is 0. The van der Waals surface area contributed by atoms with Gasteiger partial charge in [-0.3, -0.25) is 0 Å². The summed E-state index contributed by atoms with van der Waals surface area (Å²) in [5.74, 6) is -1.73. The van der Waals surface area contributed by atoms with Crippen molar-refractivity contribution in [3.63, 3.8) is 0 Å². The summed E-state index contributed by atoms with van der Waals surface area (Å²) in [6, 6.07) is 0. The van der Waals surface area contributed by atoms with Crippen molar-refractivity contribution in [2.45, 2.75) is 13.3 Å². The van der Waals surface area contributed by atoms with Crippen LogP contribution in [0, 0.1) is 5.92 Å². The Labute approximate surface area is 64.9 Å². The van der Waals surface area contributed by atoms with Crippen LogP contribution < -0.4 is 0 Å². The molecule has 0 saturated carbocycles. The van der Waals surface area contributed by atoms with E-state index >= 15 is 0 Å². The van der Waals surface area contributed by atoms with Crippen LogP contribution in [0.1, 0.15) is 13.3 Å². The minimum absolute atomic E-state index is 0.340. The fraction of sp³-hybridized carbons (Fsp3) is 0.333. The van der Waals surface area contributed by atoms with Crippen LogP contribution in [-0.4, -0.2) is 0 Å². The number of allylic oxidation sites excluding steroid dienone is 5. The average molecular weight is 156 g/mol. The maximum Gasteiger partial charge on any atom is 0.155 e. The molecule has 0 nitrogen and oxygen atoms in total. The minimum atomic E-state index is -0.751. The zero-order valence-corrected chi connectivity index (χ0v) is 6.40. The zero-order valence-electron chi connectivity index (χ0n) is 6.40. The molecule has 0 aromatic carbocycles. The van der Waals surface area contributed by atoms with E-state index in [9.17, 15) is 8.78 Å². The molecule has 60 valence electrons. The Kier molecular flexibility index (Phi) is 2.22. The van der Waals surface area contributed by atoms with Gasteiger partial charge in [-0.05, 0) is 18.1 Å². The molecule has 0 saturated heterocycles. The SMILES string of the molecule is C=CC1=CC(F)=C(F)C(C)C1. The Morgan fingerprint density at radius 3 is 2.73 bits per heavy atom. The highest BCUT2D eigenvalue weighted by Crippen LogP contribution is 2.30. The third kappa shape index (κ3) is 1.56. The predicted molar refractivity (Wildman–Crippen MR) is 41.3 cm³/mol. The fourth-order valence-electron chi connectivity index (χ4n) is 1.11. The van der Waals surface area contributed by atoms with Crippen LogP contribution in [0.4, 0.5) is 8.78 Å². The summed E-state index contributed by atoms with van der Waals surface area (Å²) >= 11 is 0. The molecule has 0 spiro atoms. The highest BCUT2D eigenvalue weighted by molar-refractivity contribution is 5.32. The van der Waals surface area contributed by atoms with Gasteiger partial charge in [0.15, 0.2) is 5.83 Å². The molecule has 1 rings (SSSR count). The quantitative estimate of drug-likeness (QED) is 0.546. The standard InChI is InChI=1S/C9H10F2/c1-3-7-4-6(2)9(11)8(10)5-7/h3,5-6H,1,4H2,2H3. The van der Waals surface area contributed by atoms with Crippen molar-refractivity contribution in [2.24, 2.45) is 5.92 Å². The van der Waals surface area contributed by atoms with E-state index in [-0.39, 0.29) is 5.92 Å². The zero-order chi connectivity index (χ0) is 8.43. The summed E-state index contributed by atoms with van der Waals surface area (Å²) in [6.45, 7) is 5.16. The van der Waals surface area contributed by atoms with Crippen LogP contribution in [0.5, 0.6) is 0 Å². The van der Waals surface area contributed by atoms with Gasteiger partial charge in [-0.2, -0.15) is 0 Å². The van der Waals surface area contributed by atoms with E-state index in [1.54, 1.807) is 13.0 Å². The van der Waals surface area contributed by atoms with Gasteiger partial charge in [0.2, 0.25) is 0 Å². The molecule has 0 N–H and O–H groups in total. The first-order valence-electron chi connectivity index (χ1n) is 3.53. The molecule has 0 radical (unpaired) electrons. The smallest absolute Gasteiger partial charge is 0.155 e. The normalized spacial score (nSPS) is 25.0. The van der Waals surface area contributed by atoms with Gasteiger partial charge in [0.05, 0.1) is 0 Å². The molecule has 2 heteroatoms. The van der Waals surface area contributed by atoms with Crippen LogP contribution in [0.25, 0.3) is 0 Å². The summed E-state index contributed by atoms with van der Waals surface area (Å²) in [7, 11) is 0. The van der Waals surface area contributed by atoms with Gasteiger partial charge >= 0.3 is 0 Å². The van der Waals surface area contributed by atoms with E-state index in [2.05, 4.69) is 6.58 Å². The molecule has 0 aromatic heterocycles. The molecule has 11 heavy (non-hydrogen) atoms. The van der Waals surface area contributed by atoms with Gasteiger partial charge in [0.25, 0.3) is 0 Å². The van der Waals surface area contributed by atoms with Crippen molar-refractivity contribution in [3.8, 4) is 0 Å². The van der Waals surface area contributed by atoms with Gasteiger partial charge in [0.1, 0.15) is 5.83 Å². The molecule has 1 atom stereocenters. The monoisotopic (exact) mass is 156 g/mol. The van der Waals surface area contributed by atoms with E-state index in [0.717, 1.165) is 5.57 Å². The molecule has 1 unspecified atom stereocenters. The Bertz CT molecular complexity index is 236. The van der Waals surface area contributed by atoms with Crippen LogP contribution in [0.15, 0.2) is 36.0 Å². The Morgan fingerprint density at radius 1 is 1.64 bits per heavy atom. The van der Waals surface area contributed by atoms with Crippen molar-refractivity contribution < 1.29 is 8.78 Å². The van der Waals surface area contributed by atoms with Gasteiger partial charge in [0, 0.05) is 5.92 Å². The summed E-state index contributed by atoms with van der Waals surface area (Å²) in [6.07, 6.45) is 3.30. The first kappa shape index (κ1) is 8.18. The van der Waals surface area contributed by atoms with Crippen molar-refractivity contribution in [1.82, 2.24) is 0 Å². The number of halogens is 2. The summed E-state index contributed by atoms with van der Waals surface area (Å²) in [4.78, 5) is 0. The molecule has 1 aliphatic rings. The second-order valence-electron chi connectivity index (χ2n) is 2.72. The van der Waals surface area contributed by atoms with Crippen molar-refractivity contribution in [1.29, 1.82) is 0 Å². The van der Waals surface area contributed by atoms with E-state index < -0.39 is 11.7 Å². The van der Waals surface area contributed by atoms with Crippen LogP contribution >= 0.6 is 0 Å². The Balaban J connectivity index is 2.95. The first-order chi connectivity index (χ1) is 5.15. The lowest BCUT2D eigenvalue weighted by molar-refractivity contribution is 0.440. The molecular formula is C9H10F2. The van der Waals surface area contributed by atoms with E-state index in [4.69, 9.17) is 0 Å². The number of hydrogen-bond donors (Lipinski definition) is 0. The second kappa shape index (κ2) is 2.99. The van der Waals surface area contributed by atoms with Crippen molar-refractivity contribution in [3.05, 3.63) is 36.0 Å². The van der Waals surface area contributed by atoms with E-state index in [1.807, 2.05) is 0 Å². The molecule has 0 aliphatic heterocycles. The lowest BCUT2D eigenvalue weighted by atomic mass is 9.94. The highest BCUT2D eigenvalue weighted by Gasteiger charge is 2.18. The minimum Gasteiger partial charge on any atom is -0.208 e. The van der Waals surface area contributed by atoms with Crippen LogP contribution in [-0.2, 0) is 0 Å². The largest absolute Gasteiger partial charge is 0.208 e. The molecule has 0 bridgehead atoms. The Hall–Kier alpha value is -0.920. The first-order valence-corrected chi connectivity index (χ1v) is 3.53. The van der Waals surface area contributed by atoms with Crippen molar-refractivity contribution >= 4 is 0 Å². The summed E-state index contributed by atoms with van der Waals surface area (Å²) in [5.41, 5.74) is 0.761.